The molecule has 0 fully saturated rings. The third kappa shape index (κ3) is 6.02. The number of pyridine rings is 1. The van der Waals surface area contributed by atoms with E-state index in [2.05, 4.69) is 10.3 Å². The molecule has 0 spiro atoms. The molecule has 0 radical (unpaired) electrons. The molecule has 0 aliphatic rings. The van der Waals surface area contributed by atoms with E-state index < -0.39 is 0 Å². The first kappa shape index (κ1) is 16.4. The topological polar surface area (TPSA) is 71.5 Å². The SMILES string of the molecule is CC(O)CC(C)CNC(=O)c1cccc(OC(C)C)n1. The molecule has 5 heteroatoms. The molecule has 0 aliphatic heterocycles. The van der Waals surface area contributed by atoms with Crippen LogP contribution in [0.1, 0.15) is 44.6 Å². The van der Waals surface area contributed by atoms with Crippen LogP contribution in [0, 0.1) is 5.92 Å². The zero-order valence-electron chi connectivity index (χ0n) is 12.6. The van der Waals surface area contributed by atoms with Crippen LogP contribution in [0.4, 0.5) is 0 Å². The van der Waals surface area contributed by atoms with Crippen molar-refractivity contribution in [3.63, 3.8) is 0 Å². The lowest BCUT2D eigenvalue weighted by Crippen LogP contribution is -2.30. The predicted octanol–water partition coefficient (Wildman–Crippen LogP) is 2.01. The van der Waals surface area contributed by atoms with Crippen molar-refractivity contribution in [1.82, 2.24) is 10.3 Å². The van der Waals surface area contributed by atoms with Gasteiger partial charge < -0.3 is 15.2 Å². The molecule has 5 nitrogen and oxygen atoms in total. The molecule has 112 valence electrons. The summed E-state index contributed by atoms with van der Waals surface area (Å²) in [5, 5.41) is 12.1. The van der Waals surface area contributed by atoms with Crippen molar-refractivity contribution >= 4 is 5.91 Å². The highest BCUT2D eigenvalue weighted by molar-refractivity contribution is 5.92. The van der Waals surface area contributed by atoms with Gasteiger partial charge in [-0.3, -0.25) is 4.79 Å². The number of aliphatic hydroxyl groups excluding tert-OH is 1. The van der Waals surface area contributed by atoms with E-state index >= 15 is 0 Å². The Bertz CT molecular complexity index is 433. The van der Waals surface area contributed by atoms with Crippen LogP contribution in [0.2, 0.25) is 0 Å². The fourth-order valence-corrected chi connectivity index (χ4v) is 1.87. The van der Waals surface area contributed by atoms with Gasteiger partial charge in [-0.1, -0.05) is 13.0 Å². The van der Waals surface area contributed by atoms with Crippen molar-refractivity contribution in [2.75, 3.05) is 6.54 Å². The highest BCUT2D eigenvalue weighted by Gasteiger charge is 2.12. The third-order valence-electron chi connectivity index (χ3n) is 2.67. The van der Waals surface area contributed by atoms with Gasteiger partial charge in [0, 0.05) is 12.6 Å². The van der Waals surface area contributed by atoms with Crippen LogP contribution in [-0.4, -0.2) is 34.8 Å². The summed E-state index contributed by atoms with van der Waals surface area (Å²) in [5.74, 6) is 0.440. The van der Waals surface area contributed by atoms with Crippen LogP contribution >= 0.6 is 0 Å². The minimum absolute atomic E-state index is 0.0203. The molecule has 2 unspecified atom stereocenters. The largest absolute Gasteiger partial charge is 0.475 e. The Balaban J connectivity index is 2.55. The number of aliphatic hydroxyl groups is 1. The number of aromatic nitrogens is 1. The summed E-state index contributed by atoms with van der Waals surface area (Å²) in [6.07, 6.45) is 0.319. The number of carbonyl (C=O) groups is 1. The van der Waals surface area contributed by atoms with E-state index in [0.717, 1.165) is 0 Å². The maximum absolute atomic E-state index is 12.0. The number of nitrogens with one attached hydrogen (secondary N) is 1. The van der Waals surface area contributed by atoms with Crippen molar-refractivity contribution in [1.29, 1.82) is 0 Å². The van der Waals surface area contributed by atoms with Crippen LogP contribution in [0.15, 0.2) is 18.2 Å². The van der Waals surface area contributed by atoms with Gasteiger partial charge in [0.15, 0.2) is 0 Å². The maximum atomic E-state index is 12.0. The second kappa shape index (κ2) is 7.85. The molecule has 1 rings (SSSR count). The average molecular weight is 280 g/mol. The lowest BCUT2D eigenvalue weighted by atomic mass is 10.0. The number of ether oxygens (including phenoxy) is 1. The van der Waals surface area contributed by atoms with Gasteiger partial charge in [-0.05, 0) is 39.2 Å². The lowest BCUT2D eigenvalue weighted by Gasteiger charge is -2.14. The van der Waals surface area contributed by atoms with E-state index in [0.29, 0.717) is 24.5 Å². The normalized spacial score (nSPS) is 13.9. The molecule has 20 heavy (non-hydrogen) atoms. The van der Waals surface area contributed by atoms with E-state index in [1.165, 1.54) is 0 Å². The Kier molecular flexibility index (Phi) is 6.45. The zero-order valence-corrected chi connectivity index (χ0v) is 12.6. The Morgan fingerprint density at radius 3 is 2.65 bits per heavy atom. The van der Waals surface area contributed by atoms with Crippen molar-refractivity contribution in [3.05, 3.63) is 23.9 Å². The van der Waals surface area contributed by atoms with Crippen molar-refractivity contribution in [2.45, 2.75) is 46.3 Å². The van der Waals surface area contributed by atoms with Crippen LogP contribution in [0.25, 0.3) is 0 Å². The average Bonchev–Trinajstić information content (AvgIpc) is 2.34. The molecule has 0 bridgehead atoms. The van der Waals surface area contributed by atoms with Gasteiger partial charge in [-0.25, -0.2) is 4.98 Å². The van der Waals surface area contributed by atoms with Crippen molar-refractivity contribution in [3.8, 4) is 5.88 Å². The fourth-order valence-electron chi connectivity index (χ4n) is 1.87. The van der Waals surface area contributed by atoms with Gasteiger partial charge in [-0.2, -0.15) is 0 Å². The second-order valence-electron chi connectivity index (χ2n) is 5.43. The highest BCUT2D eigenvalue weighted by Crippen LogP contribution is 2.10. The Hall–Kier alpha value is -1.62. The first-order valence-electron chi connectivity index (χ1n) is 6.98. The van der Waals surface area contributed by atoms with Gasteiger partial charge in [0.05, 0.1) is 12.2 Å². The molecule has 1 aromatic rings. The van der Waals surface area contributed by atoms with Gasteiger partial charge in [-0.15, -0.1) is 0 Å². The summed E-state index contributed by atoms with van der Waals surface area (Å²) in [7, 11) is 0. The van der Waals surface area contributed by atoms with E-state index in [4.69, 9.17) is 4.74 Å². The number of rotatable bonds is 7. The molecule has 0 saturated carbocycles. The molecule has 2 N–H and O–H groups in total. The van der Waals surface area contributed by atoms with Crippen LogP contribution in [-0.2, 0) is 0 Å². The second-order valence-corrected chi connectivity index (χ2v) is 5.43. The lowest BCUT2D eigenvalue weighted by molar-refractivity contribution is 0.0932. The highest BCUT2D eigenvalue weighted by atomic mass is 16.5. The summed E-state index contributed by atoms with van der Waals surface area (Å²) in [4.78, 5) is 16.1. The Morgan fingerprint density at radius 2 is 2.05 bits per heavy atom. The van der Waals surface area contributed by atoms with E-state index in [9.17, 15) is 9.90 Å². The summed E-state index contributed by atoms with van der Waals surface area (Å²) in [5.41, 5.74) is 0.340. The van der Waals surface area contributed by atoms with E-state index in [1.807, 2.05) is 20.8 Å². The zero-order chi connectivity index (χ0) is 15.1. The summed E-state index contributed by atoms with van der Waals surface area (Å²) in [6.45, 7) is 8.06. The first-order chi connectivity index (χ1) is 9.38. The maximum Gasteiger partial charge on any atom is 0.270 e. The number of carbonyl (C=O) groups excluding carboxylic acids is 1. The minimum Gasteiger partial charge on any atom is -0.475 e. The van der Waals surface area contributed by atoms with Crippen LogP contribution in [0.3, 0.4) is 0 Å². The fraction of sp³-hybridized carbons (Fsp3) is 0.600. The molecular formula is C15H24N2O3. The number of amides is 1. The monoisotopic (exact) mass is 280 g/mol. The molecular weight excluding hydrogens is 256 g/mol. The molecule has 1 heterocycles. The Morgan fingerprint density at radius 1 is 1.35 bits per heavy atom. The summed E-state index contributed by atoms with van der Waals surface area (Å²) >= 11 is 0. The summed E-state index contributed by atoms with van der Waals surface area (Å²) in [6, 6.07) is 5.13. The molecule has 2 atom stereocenters. The molecule has 1 aromatic heterocycles. The van der Waals surface area contributed by atoms with Crippen molar-refractivity contribution < 1.29 is 14.6 Å². The van der Waals surface area contributed by atoms with E-state index in [-0.39, 0.29) is 24.0 Å². The summed E-state index contributed by atoms with van der Waals surface area (Å²) < 4.78 is 5.46. The number of hydrogen-bond acceptors (Lipinski definition) is 4. The number of nitrogens with zero attached hydrogens (tertiary/aromatic N) is 1. The molecule has 0 saturated heterocycles. The van der Waals surface area contributed by atoms with Crippen molar-refractivity contribution in [2.24, 2.45) is 5.92 Å². The quantitative estimate of drug-likeness (QED) is 0.801. The standard InChI is InChI=1S/C15H24N2O3/c1-10(2)20-14-7-5-6-13(17-14)15(19)16-9-11(3)8-12(4)18/h5-7,10-12,18H,8-9H2,1-4H3,(H,16,19). The minimum atomic E-state index is -0.359. The molecule has 0 aliphatic carbocycles. The van der Waals surface area contributed by atoms with Gasteiger partial charge in [0.1, 0.15) is 5.69 Å². The third-order valence-corrected chi connectivity index (χ3v) is 2.67. The van der Waals surface area contributed by atoms with Gasteiger partial charge >= 0.3 is 0 Å². The van der Waals surface area contributed by atoms with Crippen LogP contribution in [0.5, 0.6) is 5.88 Å². The van der Waals surface area contributed by atoms with Crippen LogP contribution < -0.4 is 10.1 Å². The molecule has 1 amide bonds. The Labute approximate surface area is 120 Å². The smallest absolute Gasteiger partial charge is 0.270 e. The first-order valence-corrected chi connectivity index (χ1v) is 6.98. The van der Waals surface area contributed by atoms with Gasteiger partial charge in [0.25, 0.3) is 5.91 Å². The van der Waals surface area contributed by atoms with Gasteiger partial charge in [0.2, 0.25) is 5.88 Å². The predicted molar refractivity (Wildman–Crippen MR) is 77.8 cm³/mol. The van der Waals surface area contributed by atoms with E-state index in [1.54, 1.807) is 25.1 Å². The number of hydrogen-bond donors (Lipinski definition) is 2. The molecule has 0 aromatic carbocycles.